The normalized spacial score (nSPS) is 11.6. The molecule has 0 aliphatic heterocycles. The molecule has 0 spiro atoms. The van der Waals surface area contributed by atoms with Gasteiger partial charge in [0.2, 0.25) is 0 Å². The van der Waals surface area contributed by atoms with Crippen LogP contribution in [-0.2, 0) is 16.9 Å². The summed E-state index contributed by atoms with van der Waals surface area (Å²) in [5, 5.41) is 3.87. The van der Waals surface area contributed by atoms with Crippen molar-refractivity contribution in [2.75, 3.05) is 12.0 Å². The lowest BCUT2D eigenvalue weighted by molar-refractivity contribution is 0.0973. The molecule has 0 saturated heterocycles. The highest BCUT2D eigenvalue weighted by Crippen LogP contribution is 2.04. The molecule has 0 unspecified atom stereocenters. The first kappa shape index (κ1) is 11.9. The van der Waals surface area contributed by atoms with Crippen LogP contribution in [0.2, 0.25) is 0 Å². The molecular weight excluding hydrogens is 216 g/mol. The van der Waals surface area contributed by atoms with Crippen molar-refractivity contribution in [3.05, 3.63) is 18.0 Å². The predicted octanol–water partition coefficient (Wildman–Crippen LogP) is 0.428. The van der Waals surface area contributed by atoms with Crippen molar-refractivity contribution in [2.24, 2.45) is 7.05 Å². The van der Waals surface area contributed by atoms with Crippen LogP contribution >= 0.6 is 0 Å². The number of aromatic nitrogens is 2. The average molecular weight is 230 g/mol. The second-order valence-corrected chi connectivity index (χ2v) is 5.76. The van der Waals surface area contributed by atoms with Crippen molar-refractivity contribution < 1.29 is 13.2 Å². The number of carbonyl (C=O) groups is 1. The molecule has 0 aromatic carbocycles. The van der Waals surface area contributed by atoms with E-state index in [1.165, 1.54) is 10.9 Å². The highest BCUT2D eigenvalue weighted by Gasteiger charge is 2.11. The maximum absolute atomic E-state index is 11.6. The smallest absolute Gasteiger partial charge is 0.180 e. The lowest BCUT2D eigenvalue weighted by Crippen LogP contribution is -2.09. The second kappa shape index (κ2) is 4.57. The first-order chi connectivity index (χ1) is 6.90. The van der Waals surface area contributed by atoms with Gasteiger partial charge in [0.15, 0.2) is 5.78 Å². The molecule has 84 valence electrons. The largest absolute Gasteiger partial charge is 0.292 e. The maximum atomic E-state index is 11.6. The summed E-state index contributed by atoms with van der Waals surface area (Å²) in [6, 6.07) is 1.63. The van der Waals surface area contributed by atoms with Crippen molar-refractivity contribution in [3.63, 3.8) is 0 Å². The third-order valence-electron chi connectivity index (χ3n) is 2.03. The summed E-state index contributed by atoms with van der Waals surface area (Å²) in [4.78, 5) is 11.6. The van der Waals surface area contributed by atoms with Crippen LogP contribution in [-0.4, -0.2) is 36.0 Å². The zero-order valence-corrected chi connectivity index (χ0v) is 9.62. The minimum absolute atomic E-state index is 0.0522. The molecule has 0 saturated carbocycles. The van der Waals surface area contributed by atoms with Crippen LogP contribution in [0.25, 0.3) is 0 Å². The van der Waals surface area contributed by atoms with Gasteiger partial charge in [-0.25, -0.2) is 8.42 Å². The molecule has 15 heavy (non-hydrogen) atoms. The van der Waals surface area contributed by atoms with Gasteiger partial charge in [0.05, 0.1) is 5.75 Å². The number of nitrogens with zero attached hydrogens (tertiary/aromatic N) is 2. The van der Waals surface area contributed by atoms with E-state index in [4.69, 9.17) is 0 Å². The van der Waals surface area contributed by atoms with E-state index in [1.807, 2.05) is 0 Å². The molecule has 1 aromatic rings. The Bertz CT molecular complexity index is 448. The van der Waals surface area contributed by atoms with Gasteiger partial charge in [-0.2, -0.15) is 5.10 Å². The number of rotatable bonds is 5. The monoisotopic (exact) mass is 230 g/mol. The molecule has 0 radical (unpaired) electrons. The minimum Gasteiger partial charge on any atom is -0.292 e. The number of hydrogen-bond acceptors (Lipinski definition) is 4. The van der Waals surface area contributed by atoms with E-state index in [2.05, 4.69) is 5.10 Å². The SMILES string of the molecule is Cn1nccc1C(=O)CCCS(C)(=O)=O. The lowest BCUT2D eigenvalue weighted by Gasteiger charge is -2.00. The van der Waals surface area contributed by atoms with E-state index in [9.17, 15) is 13.2 Å². The van der Waals surface area contributed by atoms with E-state index >= 15 is 0 Å². The molecule has 0 bridgehead atoms. The van der Waals surface area contributed by atoms with Crippen LogP contribution in [0.1, 0.15) is 23.3 Å². The summed E-state index contributed by atoms with van der Waals surface area (Å²) in [5.41, 5.74) is 0.517. The Morgan fingerprint density at radius 3 is 2.67 bits per heavy atom. The Hall–Kier alpha value is -1.17. The van der Waals surface area contributed by atoms with Gasteiger partial charge in [-0.1, -0.05) is 0 Å². The van der Waals surface area contributed by atoms with Crippen LogP contribution in [0.4, 0.5) is 0 Å². The fourth-order valence-corrected chi connectivity index (χ4v) is 1.94. The molecule has 0 aliphatic carbocycles. The van der Waals surface area contributed by atoms with Crippen LogP contribution < -0.4 is 0 Å². The van der Waals surface area contributed by atoms with Gasteiger partial charge in [0.25, 0.3) is 0 Å². The van der Waals surface area contributed by atoms with Gasteiger partial charge in [-0.15, -0.1) is 0 Å². The number of hydrogen-bond donors (Lipinski definition) is 0. The molecule has 0 fully saturated rings. The highest BCUT2D eigenvalue weighted by atomic mass is 32.2. The molecule has 5 nitrogen and oxygen atoms in total. The van der Waals surface area contributed by atoms with Gasteiger partial charge >= 0.3 is 0 Å². The number of sulfone groups is 1. The third kappa shape index (κ3) is 3.83. The molecule has 0 amide bonds. The van der Waals surface area contributed by atoms with Crippen molar-refractivity contribution >= 4 is 15.6 Å². The van der Waals surface area contributed by atoms with Crippen LogP contribution in [0.15, 0.2) is 12.3 Å². The summed E-state index contributed by atoms with van der Waals surface area (Å²) in [6.07, 6.45) is 3.32. The molecule has 0 aliphatic rings. The van der Waals surface area contributed by atoms with Gasteiger partial charge in [-0.3, -0.25) is 9.48 Å². The number of ketones is 1. The zero-order chi connectivity index (χ0) is 11.5. The lowest BCUT2D eigenvalue weighted by atomic mass is 10.2. The molecule has 0 N–H and O–H groups in total. The van der Waals surface area contributed by atoms with Gasteiger partial charge in [-0.05, 0) is 12.5 Å². The minimum atomic E-state index is -2.97. The van der Waals surface area contributed by atoms with E-state index in [0.29, 0.717) is 12.1 Å². The Kier molecular flexibility index (Phi) is 3.62. The van der Waals surface area contributed by atoms with Gasteiger partial charge < -0.3 is 0 Å². The Labute approximate surface area is 89.0 Å². The average Bonchev–Trinajstić information content (AvgIpc) is 2.48. The van der Waals surface area contributed by atoms with E-state index in [-0.39, 0.29) is 18.0 Å². The summed E-state index contributed by atoms with van der Waals surface area (Å²) in [5.74, 6) is -0.0185. The first-order valence-electron chi connectivity index (χ1n) is 4.59. The molecule has 1 rings (SSSR count). The van der Waals surface area contributed by atoms with Crippen molar-refractivity contribution in [1.29, 1.82) is 0 Å². The standard InChI is InChI=1S/C9H14N2O3S/c1-11-8(5-6-10-11)9(12)4-3-7-15(2,13)14/h5-6H,3-4,7H2,1-2H3. The summed E-state index contributed by atoms with van der Waals surface area (Å²) < 4.78 is 23.2. The molecule has 6 heteroatoms. The fourth-order valence-electron chi connectivity index (χ4n) is 1.27. The van der Waals surface area contributed by atoms with Crippen molar-refractivity contribution in [1.82, 2.24) is 9.78 Å². The highest BCUT2D eigenvalue weighted by molar-refractivity contribution is 7.90. The first-order valence-corrected chi connectivity index (χ1v) is 6.65. The Balaban J connectivity index is 2.48. The summed E-state index contributed by atoms with van der Waals surface area (Å²) >= 11 is 0. The topological polar surface area (TPSA) is 69.0 Å². The van der Waals surface area contributed by atoms with Crippen LogP contribution in [0, 0.1) is 0 Å². The van der Waals surface area contributed by atoms with Gasteiger partial charge in [0.1, 0.15) is 15.5 Å². The van der Waals surface area contributed by atoms with Crippen LogP contribution in [0.5, 0.6) is 0 Å². The number of aryl methyl sites for hydroxylation is 1. The van der Waals surface area contributed by atoms with Crippen molar-refractivity contribution in [2.45, 2.75) is 12.8 Å². The number of carbonyl (C=O) groups excluding carboxylic acids is 1. The second-order valence-electron chi connectivity index (χ2n) is 3.50. The maximum Gasteiger partial charge on any atom is 0.180 e. The molecule has 1 heterocycles. The molecule has 0 atom stereocenters. The third-order valence-corrected chi connectivity index (χ3v) is 3.06. The molecule has 1 aromatic heterocycles. The fraction of sp³-hybridized carbons (Fsp3) is 0.556. The summed E-state index contributed by atoms with van der Waals surface area (Å²) in [6.45, 7) is 0. The van der Waals surface area contributed by atoms with Crippen molar-refractivity contribution in [3.8, 4) is 0 Å². The molecular formula is C9H14N2O3S. The van der Waals surface area contributed by atoms with E-state index in [1.54, 1.807) is 19.3 Å². The van der Waals surface area contributed by atoms with Crippen LogP contribution in [0.3, 0.4) is 0 Å². The van der Waals surface area contributed by atoms with E-state index in [0.717, 1.165) is 0 Å². The quantitative estimate of drug-likeness (QED) is 0.688. The summed E-state index contributed by atoms with van der Waals surface area (Å²) in [7, 11) is -1.29. The van der Waals surface area contributed by atoms with E-state index < -0.39 is 9.84 Å². The predicted molar refractivity (Wildman–Crippen MR) is 56.5 cm³/mol. The number of Topliss-reactive ketones (excluding diaryl/α,β-unsaturated/α-hetero) is 1. The van der Waals surface area contributed by atoms with Gasteiger partial charge in [0, 0.05) is 25.9 Å². The zero-order valence-electron chi connectivity index (χ0n) is 8.80. The Morgan fingerprint density at radius 2 is 2.20 bits per heavy atom. The Morgan fingerprint density at radius 1 is 1.53 bits per heavy atom.